The fourth-order valence-corrected chi connectivity index (χ4v) is 10.6. The number of carbonyl (C=O) groups is 3. The topological polar surface area (TPSA) is 90.4 Å². The van der Waals surface area contributed by atoms with Crippen LogP contribution in [0.5, 0.6) is 5.75 Å². The molecule has 7 atom stereocenters. The first kappa shape index (κ1) is 32.6. The molecule has 1 N–H and O–H groups in total. The second-order valence-corrected chi connectivity index (χ2v) is 14.7. The Morgan fingerprint density at radius 2 is 1.81 bits per heavy atom. The number of aliphatic hydroxyl groups excluding tert-OH is 1. The van der Waals surface area contributed by atoms with Gasteiger partial charge < -0.3 is 24.5 Å². The first-order valence-electron chi connectivity index (χ1n) is 14.8. The smallest absolute Gasteiger partial charge is 0.247 e. The molecule has 1 aromatic carbocycles. The first-order chi connectivity index (χ1) is 20.0. The molecular weight excluding hydrogens is 618 g/mol. The molecule has 8 nitrogen and oxygen atoms in total. The van der Waals surface area contributed by atoms with Gasteiger partial charge in [0.25, 0.3) is 0 Å². The van der Waals surface area contributed by atoms with Gasteiger partial charge in [0.05, 0.1) is 35.8 Å². The van der Waals surface area contributed by atoms with Gasteiger partial charge in [-0.05, 0) is 57.4 Å². The lowest BCUT2D eigenvalue weighted by Crippen LogP contribution is -2.59. The molecule has 2 bridgehead atoms. The Balaban J connectivity index is 1.81. The molecule has 0 aromatic heterocycles. The van der Waals surface area contributed by atoms with E-state index in [9.17, 15) is 19.5 Å². The summed E-state index contributed by atoms with van der Waals surface area (Å²) in [6, 6.07) is 5.89. The summed E-state index contributed by atoms with van der Waals surface area (Å²) in [5.74, 6) is -1.26. The number of anilines is 1. The van der Waals surface area contributed by atoms with Crippen molar-refractivity contribution in [2.24, 2.45) is 17.8 Å². The highest BCUT2D eigenvalue weighted by Gasteiger charge is 2.76. The zero-order chi connectivity index (χ0) is 30.9. The SMILES string of the molecule is C=CCN(C(=O)[C@H]1[C@@H]2SC3(CC2Br)C(C(=O)N(CC=C)C(C)C)N([C@@H](CO)C(C)C)C(=O)[C@H]13)c1ccc(OCC)cc1. The van der Waals surface area contributed by atoms with E-state index in [0.29, 0.717) is 31.0 Å². The predicted molar refractivity (Wildman–Crippen MR) is 172 cm³/mol. The molecule has 3 saturated heterocycles. The minimum atomic E-state index is -0.803. The van der Waals surface area contributed by atoms with E-state index in [-0.39, 0.29) is 52.9 Å². The van der Waals surface area contributed by atoms with E-state index < -0.39 is 28.7 Å². The number of benzene rings is 1. The summed E-state index contributed by atoms with van der Waals surface area (Å²) in [5.41, 5.74) is 0.693. The van der Waals surface area contributed by atoms with Crippen LogP contribution in [0.4, 0.5) is 5.69 Å². The zero-order valence-corrected chi connectivity index (χ0v) is 27.6. The van der Waals surface area contributed by atoms with E-state index in [2.05, 4.69) is 29.1 Å². The molecule has 0 radical (unpaired) electrons. The Hall–Kier alpha value is -2.30. The fraction of sp³-hybridized carbons (Fsp3) is 0.594. The third-order valence-electron chi connectivity index (χ3n) is 8.83. The first-order valence-corrected chi connectivity index (χ1v) is 16.6. The van der Waals surface area contributed by atoms with Crippen molar-refractivity contribution in [3.63, 3.8) is 0 Å². The van der Waals surface area contributed by atoms with E-state index >= 15 is 0 Å². The van der Waals surface area contributed by atoms with Gasteiger partial charge in [0.2, 0.25) is 17.7 Å². The largest absolute Gasteiger partial charge is 0.494 e. The van der Waals surface area contributed by atoms with Crippen LogP contribution in [0.2, 0.25) is 0 Å². The second-order valence-electron chi connectivity index (χ2n) is 11.9. The van der Waals surface area contributed by atoms with E-state index in [1.54, 1.807) is 38.6 Å². The molecule has 0 aliphatic carbocycles. The number of aliphatic hydroxyl groups is 1. The van der Waals surface area contributed by atoms with Crippen molar-refractivity contribution < 1.29 is 24.2 Å². The monoisotopic (exact) mass is 661 g/mol. The number of hydrogen-bond acceptors (Lipinski definition) is 6. The normalized spacial score (nSPS) is 28.6. The minimum absolute atomic E-state index is 0.0554. The van der Waals surface area contributed by atoms with Crippen LogP contribution >= 0.6 is 27.7 Å². The second kappa shape index (κ2) is 13.1. The van der Waals surface area contributed by atoms with Crippen LogP contribution in [-0.2, 0) is 14.4 Å². The summed E-state index contributed by atoms with van der Waals surface area (Å²) in [4.78, 5) is 48.6. The molecule has 1 aromatic rings. The van der Waals surface area contributed by atoms with E-state index in [1.807, 2.05) is 58.9 Å². The number of amides is 3. The van der Waals surface area contributed by atoms with Gasteiger partial charge in [0.15, 0.2) is 0 Å². The minimum Gasteiger partial charge on any atom is -0.494 e. The van der Waals surface area contributed by atoms with Crippen molar-refractivity contribution in [3.8, 4) is 5.75 Å². The molecule has 3 aliphatic heterocycles. The summed E-state index contributed by atoms with van der Waals surface area (Å²) >= 11 is 5.46. The maximum atomic E-state index is 14.6. The molecule has 10 heteroatoms. The van der Waals surface area contributed by atoms with Gasteiger partial charge in [0.1, 0.15) is 11.8 Å². The predicted octanol–water partition coefficient (Wildman–Crippen LogP) is 4.51. The Kier molecular flexibility index (Phi) is 10.2. The van der Waals surface area contributed by atoms with Crippen molar-refractivity contribution in [2.75, 3.05) is 31.2 Å². The highest BCUT2D eigenvalue weighted by atomic mass is 79.9. The average Bonchev–Trinajstić information content (AvgIpc) is 3.54. The molecule has 0 saturated carbocycles. The number of thioether (sulfide) groups is 1. The number of hydrogen-bond donors (Lipinski definition) is 1. The standard InChI is InChI=1S/C32H44BrN3O5S/c1-8-15-34(20(6)7)31(40)28-32-17-23(33)27(42-32)25(26(32)30(39)36(28)24(18-37)19(4)5)29(38)35(16-9-2)21-11-13-22(14-12-21)41-10-3/h8-9,11-14,19-20,23-28,37H,1-2,10,15-18H2,3-7H3/t23?,24-,25+,26-,27+,28?,32?/m0/s1. The highest BCUT2D eigenvalue weighted by Crippen LogP contribution is 2.68. The quantitative estimate of drug-likeness (QED) is 0.247. The average molecular weight is 663 g/mol. The molecular formula is C32H44BrN3O5S. The molecule has 3 aliphatic rings. The molecule has 42 heavy (non-hydrogen) atoms. The molecule has 230 valence electrons. The Bertz CT molecular complexity index is 1190. The lowest BCUT2D eigenvalue weighted by molar-refractivity contribution is -0.147. The van der Waals surface area contributed by atoms with Crippen LogP contribution in [0.3, 0.4) is 0 Å². The third-order valence-corrected chi connectivity index (χ3v) is 12.0. The summed E-state index contributed by atoms with van der Waals surface area (Å²) in [6.07, 6.45) is 3.96. The van der Waals surface area contributed by atoms with Gasteiger partial charge in [-0.25, -0.2) is 0 Å². The van der Waals surface area contributed by atoms with Gasteiger partial charge in [-0.2, -0.15) is 0 Å². The van der Waals surface area contributed by atoms with Crippen LogP contribution in [0.25, 0.3) is 0 Å². The van der Waals surface area contributed by atoms with Gasteiger partial charge in [-0.15, -0.1) is 24.9 Å². The van der Waals surface area contributed by atoms with E-state index in [4.69, 9.17) is 4.74 Å². The number of likely N-dealkylation sites (tertiary alicyclic amines) is 1. The highest BCUT2D eigenvalue weighted by molar-refractivity contribution is 9.09. The molecule has 3 heterocycles. The number of nitrogens with zero attached hydrogens (tertiary/aromatic N) is 3. The molecule has 1 spiro atoms. The Morgan fingerprint density at radius 1 is 1.17 bits per heavy atom. The molecule has 3 fully saturated rings. The summed E-state index contributed by atoms with van der Waals surface area (Å²) in [5, 5.41) is 10.3. The zero-order valence-electron chi connectivity index (χ0n) is 25.2. The summed E-state index contributed by atoms with van der Waals surface area (Å²) < 4.78 is 4.79. The number of halogens is 1. The molecule has 3 amide bonds. The number of ether oxygens (including phenoxy) is 1. The third kappa shape index (κ3) is 5.43. The summed E-state index contributed by atoms with van der Waals surface area (Å²) in [7, 11) is 0. The summed E-state index contributed by atoms with van der Waals surface area (Å²) in [6.45, 7) is 18.3. The molecule has 3 unspecified atom stereocenters. The van der Waals surface area contributed by atoms with Crippen LogP contribution < -0.4 is 9.64 Å². The molecule has 4 rings (SSSR count). The Labute approximate surface area is 262 Å². The van der Waals surface area contributed by atoms with Crippen molar-refractivity contribution in [2.45, 2.75) is 74.0 Å². The van der Waals surface area contributed by atoms with Crippen LogP contribution in [0.1, 0.15) is 41.0 Å². The van der Waals surface area contributed by atoms with Crippen LogP contribution in [0, 0.1) is 17.8 Å². The maximum Gasteiger partial charge on any atom is 0.247 e. The van der Waals surface area contributed by atoms with Gasteiger partial charge in [-0.3, -0.25) is 14.4 Å². The lowest BCUT2D eigenvalue weighted by atomic mass is 9.70. The number of fused-ring (bicyclic) bond motifs is 1. The van der Waals surface area contributed by atoms with Crippen molar-refractivity contribution >= 4 is 51.1 Å². The van der Waals surface area contributed by atoms with E-state index in [1.165, 1.54) is 0 Å². The number of alkyl halides is 1. The van der Waals surface area contributed by atoms with Crippen molar-refractivity contribution in [3.05, 3.63) is 49.6 Å². The van der Waals surface area contributed by atoms with Gasteiger partial charge >= 0.3 is 0 Å². The fourth-order valence-electron chi connectivity index (χ4n) is 6.98. The van der Waals surface area contributed by atoms with Crippen LogP contribution in [0.15, 0.2) is 49.6 Å². The number of rotatable bonds is 13. The number of carbonyl (C=O) groups excluding carboxylic acids is 3. The Morgan fingerprint density at radius 3 is 2.33 bits per heavy atom. The van der Waals surface area contributed by atoms with Gasteiger partial charge in [-0.1, -0.05) is 41.9 Å². The van der Waals surface area contributed by atoms with E-state index in [0.717, 1.165) is 0 Å². The van der Waals surface area contributed by atoms with Crippen molar-refractivity contribution in [1.82, 2.24) is 9.80 Å². The van der Waals surface area contributed by atoms with Crippen molar-refractivity contribution in [1.29, 1.82) is 0 Å². The maximum absolute atomic E-state index is 14.6. The van der Waals surface area contributed by atoms with Crippen LogP contribution in [-0.4, -0.2) is 91.9 Å². The van der Waals surface area contributed by atoms with Gasteiger partial charge in [0, 0.05) is 34.9 Å². The lowest BCUT2D eigenvalue weighted by Gasteiger charge is -2.41.